The number of rotatable bonds is 1. The van der Waals surface area contributed by atoms with E-state index in [1.807, 2.05) is 0 Å². The molecule has 0 aliphatic carbocycles. The number of allylic oxidation sites excluding steroid dienone is 2. The van der Waals surface area contributed by atoms with Crippen molar-refractivity contribution in [3.8, 4) is 0 Å². The largest absolute Gasteiger partial charge is 0.344 e. The van der Waals surface area contributed by atoms with E-state index in [0.717, 1.165) is 0 Å². The van der Waals surface area contributed by atoms with Crippen LogP contribution < -0.4 is 12.3 Å². The minimum absolute atomic E-state index is 0. The number of hydrogen-bond acceptors (Lipinski definition) is 2. The maximum atomic E-state index is 3.36. The first-order valence-electron chi connectivity index (χ1n) is 1.15. The molecule has 0 rings (SSSR count). The van der Waals surface area contributed by atoms with E-state index < -0.39 is 0 Å². The quantitative estimate of drug-likeness (QED) is 0.479. The highest BCUT2D eigenvalue weighted by atomic mass is 14.0. The van der Waals surface area contributed by atoms with Crippen molar-refractivity contribution in [2.24, 2.45) is 0 Å². The molecule has 0 bridgehead atoms. The van der Waals surface area contributed by atoms with E-state index in [4.69, 9.17) is 0 Å². The van der Waals surface area contributed by atoms with E-state index in [1.54, 1.807) is 12.2 Å². The van der Waals surface area contributed by atoms with Gasteiger partial charge in [-0.2, -0.15) is 0 Å². The SMILES string of the molecule is C=CC=C.N.N. The summed E-state index contributed by atoms with van der Waals surface area (Å²) >= 11 is 0. The fourth-order valence-corrected chi connectivity index (χ4v) is 0. The molecule has 0 saturated heterocycles. The smallest absolute Gasteiger partial charge is 0.0701 e. The Balaban J connectivity index is -0.0000000450. The van der Waals surface area contributed by atoms with Gasteiger partial charge in [0.1, 0.15) is 0 Å². The van der Waals surface area contributed by atoms with Gasteiger partial charge in [0.2, 0.25) is 0 Å². The Morgan fingerprint density at radius 2 is 1.00 bits per heavy atom. The summed E-state index contributed by atoms with van der Waals surface area (Å²) in [6.07, 6.45) is 3.28. The van der Waals surface area contributed by atoms with Gasteiger partial charge in [-0.1, -0.05) is 25.3 Å². The summed E-state index contributed by atoms with van der Waals surface area (Å²) in [4.78, 5) is 0. The van der Waals surface area contributed by atoms with Crippen LogP contribution in [0.1, 0.15) is 0 Å². The standard InChI is InChI=1S/C4H6.2H3N/c1-3-4-2;;/h3-4H,1-2H2;2*1H3. The first kappa shape index (κ1) is 18.2. The van der Waals surface area contributed by atoms with Crippen molar-refractivity contribution in [3.63, 3.8) is 0 Å². The zero-order chi connectivity index (χ0) is 3.41. The first-order valence-corrected chi connectivity index (χ1v) is 1.15. The van der Waals surface area contributed by atoms with E-state index in [-0.39, 0.29) is 12.3 Å². The third-order valence-electron chi connectivity index (χ3n) is 0.167. The molecule has 0 aliphatic rings. The summed E-state index contributed by atoms with van der Waals surface area (Å²) in [5.41, 5.74) is 0. The van der Waals surface area contributed by atoms with Crippen LogP contribution in [0.2, 0.25) is 0 Å². The normalized spacial score (nSPS) is 3.33. The molecule has 6 N–H and O–H groups in total. The molecule has 0 unspecified atom stereocenters. The Labute approximate surface area is 38.7 Å². The first-order chi connectivity index (χ1) is 1.91. The van der Waals surface area contributed by atoms with Crippen LogP contribution in [0.4, 0.5) is 0 Å². The average Bonchev–Trinajstić information content (AvgIpc) is 1.37. The second kappa shape index (κ2) is 26.0. The molecule has 0 aromatic heterocycles. The van der Waals surface area contributed by atoms with Crippen molar-refractivity contribution in [2.75, 3.05) is 0 Å². The van der Waals surface area contributed by atoms with Crippen molar-refractivity contribution in [2.45, 2.75) is 0 Å². The van der Waals surface area contributed by atoms with Crippen molar-refractivity contribution < 1.29 is 0 Å². The van der Waals surface area contributed by atoms with Gasteiger partial charge in [-0.25, -0.2) is 0 Å². The van der Waals surface area contributed by atoms with Gasteiger partial charge in [-0.3, -0.25) is 0 Å². The molecule has 0 fully saturated rings. The maximum Gasteiger partial charge on any atom is -0.0701 e. The molecule has 0 aromatic rings. The number of hydrogen-bond donors (Lipinski definition) is 2. The van der Waals surface area contributed by atoms with E-state index >= 15 is 0 Å². The van der Waals surface area contributed by atoms with E-state index in [0.29, 0.717) is 0 Å². The predicted octanol–water partition coefficient (Wildman–Crippen LogP) is 1.68. The molecule has 0 aromatic carbocycles. The highest BCUT2D eigenvalue weighted by molar-refractivity contribution is 4.88. The van der Waals surface area contributed by atoms with Crippen molar-refractivity contribution in [1.82, 2.24) is 12.3 Å². The second-order valence-electron chi connectivity index (χ2n) is 0.471. The van der Waals surface area contributed by atoms with Crippen LogP contribution in [-0.4, -0.2) is 0 Å². The van der Waals surface area contributed by atoms with Gasteiger partial charge in [0.25, 0.3) is 0 Å². The third kappa shape index (κ3) is 122. The molecule has 2 heteroatoms. The minimum atomic E-state index is 0. The monoisotopic (exact) mass is 88.1 g/mol. The van der Waals surface area contributed by atoms with E-state index in [1.165, 1.54) is 0 Å². The molecule has 0 saturated carbocycles. The summed E-state index contributed by atoms with van der Waals surface area (Å²) in [7, 11) is 0. The molecule has 0 atom stereocenters. The fourth-order valence-electron chi connectivity index (χ4n) is 0. The van der Waals surface area contributed by atoms with Crippen LogP contribution in [0.5, 0.6) is 0 Å². The topological polar surface area (TPSA) is 70.0 Å². The Morgan fingerprint density at radius 1 is 0.833 bits per heavy atom. The Morgan fingerprint density at radius 3 is 1.00 bits per heavy atom. The summed E-state index contributed by atoms with van der Waals surface area (Å²) < 4.78 is 0. The predicted molar refractivity (Wildman–Crippen MR) is 30.4 cm³/mol. The average molecular weight is 88.2 g/mol. The van der Waals surface area contributed by atoms with Crippen molar-refractivity contribution >= 4 is 0 Å². The lowest BCUT2D eigenvalue weighted by atomic mass is 10.6. The molecule has 0 radical (unpaired) electrons. The van der Waals surface area contributed by atoms with Crippen LogP contribution in [-0.2, 0) is 0 Å². The third-order valence-corrected chi connectivity index (χ3v) is 0.167. The van der Waals surface area contributed by atoms with E-state index in [9.17, 15) is 0 Å². The highest BCUT2D eigenvalue weighted by Crippen LogP contribution is 1.52. The maximum absolute atomic E-state index is 3.36. The van der Waals surface area contributed by atoms with Gasteiger partial charge < -0.3 is 12.3 Å². The van der Waals surface area contributed by atoms with Crippen molar-refractivity contribution in [3.05, 3.63) is 25.3 Å². The lowest BCUT2D eigenvalue weighted by Crippen LogP contribution is -1.21. The summed E-state index contributed by atoms with van der Waals surface area (Å²) in [6.45, 7) is 6.72. The summed E-state index contributed by atoms with van der Waals surface area (Å²) in [5, 5.41) is 0. The van der Waals surface area contributed by atoms with Crippen LogP contribution in [0, 0.1) is 0 Å². The Kier molecular flexibility index (Phi) is 78.5. The van der Waals surface area contributed by atoms with Gasteiger partial charge in [-0.05, 0) is 0 Å². The molecular formula is C4H12N2. The summed E-state index contributed by atoms with van der Waals surface area (Å²) in [5.74, 6) is 0. The van der Waals surface area contributed by atoms with Crippen LogP contribution in [0.25, 0.3) is 0 Å². The highest BCUT2D eigenvalue weighted by Gasteiger charge is 1.29. The zero-order valence-electron chi connectivity index (χ0n) is 3.98. The van der Waals surface area contributed by atoms with Gasteiger partial charge in [0.05, 0.1) is 0 Å². The van der Waals surface area contributed by atoms with E-state index in [2.05, 4.69) is 13.2 Å². The molecule has 38 valence electrons. The van der Waals surface area contributed by atoms with Gasteiger partial charge in [0.15, 0.2) is 0 Å². The van der Waals surface area contributed by atoms with Crippen LogP contribution in [0.3, 0.4) is 0 Å². The molecule has 2 nitrogen and oxygen atoms in total. The second-order valence-corrected chi connectivity index (χ2v) is 0.471. The minimum Gasteiger partial charge on any atom is -0.344 e. The summed E-state index contributed by atoms with van der Waals surface area (Å²) in [6, 6.07) is 0. The molecule has 0 aliphatic heterocycles. The van der Waals surface area contributed by atoms with Gasteiger partial charge >= 0.3 is 0 Å². The molecule has 0 spiro atoms. The molecular weight excluding hydrogens is 76.1 g/mol. The molecule has 0 heterocycles. The molecule has 6 heavy (non-hydrogen) atoms. The van der Waals surface area contributed by atoms with Gasteiger partial charge in [-0.15, -0.1) is 0 Å². The fraction of sp³-hybridized carbons (Fsp3) is 0. The van der Waals surface area contributed by atoms with Crippen molar-refractivity contribution in [1.29, 1.82) is 0 Å². The van der Waals surface area contributed by atoms with Gasteiger partial charge in [0, 0.05) is 0 Å². The lowest BCUT2D eigenvalue weighted by Gasteiger charge is -1.44. The van der Waals surface area contributed by atoms with Crippen LogP contribution in [0.15, 0.2) is 25.3 Å². The molecule has 0 amide bonds. The van der Waals surface area contributed by atoms with Crippen LogP contribution >= 0.6 is 0 Å². The Bertz CT molecular complexity index is 26.5. The zero-order valence-corrected chi connectivity index (χ0v) is 3.98. The Hall–Kier alpha value is -0.600. The lowest BCUT2D eigenvalue weighted by molar-refractivity contribution is 2.13.